The van der Waals surface area contributed by atoms with Gasteiger partial charge in [-0.1, -0.05) is 23.7 Å². The molecule has 304 valence electrons. The molecule has 0 bridgehead atoms. The highest BCUT2D eigenvalue weighted by molar-refractivity contribution is 7.92. The average Bonchev–Trinajstić information content (AvgIpc) is 3.11. The summed E-state index contributed by atoms with van der Waals surface area (Å²) >= 11 is 6.49. The van der Waals surface area contributed by atoms with E-state index in [1.165, 1.54) is 11.8 Å². The summed E-state index contributed by atoms with van der Waals surface area (Å²) < 4.78 is 54.2. The Morgan fingerprint density at radius 1 is 0.945 bits per heavy atom. The zero-order valence-corrected chi connectivity index (χ0v) is 35.0. The molecule has 0 aliphatic carbocycles. The van der Waals surface area contributed by atoms with Crippen LogP contribution in [0.2, 0.25) is 5.02 Å². The molecule has 1 saturated heterocycles. The van der Waals surface area contributed by atoms with Gasteiger partial charge in [0, 0.05) is 6.54 Å². The number of esters is 1. The van der Waals surface area contributed by atoms with Crippen LogP contribution in [0.5, 0.6) is 5.75 Å². The number of benzene rings is 2. The van der Waals surface area contributed by atoms with Crippen molar-refractivity contribution in [3.8, 4) is 5.75 Å². The maximum atomic E-state index is 13.0. The van der Waals surface area contributed by atoms with Crippen molar-refractivity contribution in [3.05, 3.63) is 58.7 Å². The van der Waals surface area contributed by atoms with E-state index in [4.69, 9.17) is 35.3 Å². The van der Waals surface area contributed by atoms with Crippen LogP contribution in [0.25, 0.3) is 0 Å². The SMILES string of the molecule is Cc1cc(Nc2ncc(Cl)c(Nc3ccccc3S(=O)(=O)C(C)C)n2)c(OC(C)C)cc1C1CCN(CCOCCOCCOCC(=O)OC(C)(C)C)CC1. The number of halogens is 1. The van der Waals surface area contributed by atoms with E-state index in [1.807, 2.05) is 34.6 Å². The molecule has 1 aliphatic rings. The number of rotatable bonds is 20. The summed E-state index contributed by atoms with van der Waals surface area (Å²) in [5, 5.41) is 6.08. The molecule has 15 heteroatoms. The molecule has 0 spiro atoms. The van der Waals surface area contributed by atoms with Crippen LogP contribution < -0.4 is 15.4 Å². The van der Waals surface area contributed by atoms with Crippen molar-refractivity contribution in [1.29, 1.82) is 0 Å². The van der Waals surface area contributed by atoms with Crippen LogP contribution in [0, 0.1) is 6.92 Å². The summed E-state index contributed by atoms with van der Waals surface area (Å²) in [6.45, 7) is 19.8. The van der Waals surface area contributed by atoms with Crippen molar-refractivity contribution >= 4 is 50.5 Å². The Hall–Kier alpha value is -3.53. The third-order valence-corrected chi connectivity index (χ3v) is 11.2. The Morgan fingerprint density at radius 3 is 2.25 bits per heavy atom. The van der Waals surface area contributed by atoms with E-state index < -0.39 is 20.7 Å². The third kappa shape index (κ3) is 13.9. The van der Waals surface area contributed by atoms with Gasteiger partial charge in [0.05, 0.1) is 66.9 Å². The normalized spacial score (nSPS) is 14.4. The molecular formula is C40H58ClN5O8S. The number of likely N-dealkylation sites (tertiary alicyclic amines) is 1. The van der Waals surface area contributed by atoms with Crippen molar-refractivity contribution in [2.75, 3.05) is 69.9 Å². The molecule has 3 aromatic rings. The molecule has 0 radical (unpaired) electrons. The zero-order chi connectivity index (χ0) is 40.2. The molecule has 2 aromatic carbocycles. The van der Waals surface area contributed by atoms with E-state index in [0.29, 0.717) is 50.4 Å². The summed E-state index contributed by atoms with van der Waals surface area (Å²) in [4.78, 5) is 23.3. The Balaban J connectivity index is 1.28. The van der Waals surface area contributed by atoms with E-state index in [0.717, 1.165) is 43.7 Å². The number of ether oxygens (including phenoxy) is 5. The van der Waals surface area contributed by atoms with Gasteiger partial charge in [-0.05, 0) is 123 Å². The average molecular weight is 804 g/mol. The molecule has 13 nitrogen and oxygen atoms in total. The van der Waals surface area contributed by atoms with Crippen LogP contribution in [0.3, 0.4) is 0 Å². The number of hydrogen-bond donors (Lipinski definition) is 2. The van der Waals surface area contributed by atoms with E-state index >= 15 is 0 Å². The first-order valence-electron chi connectivity index (χ1n) is 18.9. The highest BCUT2D eigenvalue weighted by Gasteiger charge is 2.25. The van der Waals surface area contributed by atoms with Crippen LogP contribution in [-0.4, -0.2) is 105 Å². The lowest BCUT2D eigenvalue weighted by Gasteiger charge is -2.33. The number of piperidine rings is 1. The molecule has 0 amide bonds. The van der Waals surface area contributed by atoms with Crippen LogP contribution in [0.1, 0.15) is 78.4 Å². The predicted molar refractivity (Wildman–Crippen MR) is 216 cm³/mol. The number of nitrogens with zero attached hydrogens (tertiary/aromatic N) is 3. The Kier molecular flexibility index (Phi) is 16.5. The number of hydrogen-bond acceptors (Lipinski definition) is 13. The highest BCUT2D eigenvalue weighted by Crippen LogP contribution is 2.38. The van der Waals surface area contributed by atoms with Gasteiger partial charge in [0.25, 0.3) is 0 Å². The summed E-state index contributed by atoms with van der Waals surface area (Å²) in [6, 6.07) is 10.9. The van der Waals surface area contributed by atoms with Crippen LogP contribution >= 0.6 is 11.6 Å². The minimum absolute atomic E-state index is 0.0661. The lowest BCUT2D eigenvalue weighted by Crippen LogP contribution is -2.35. The van der Waals surface area contributed by atoms with Crippen molar-refractivity contribution in [1.82, 2.24) is 14.9 Å². The second-order valence-corrected chi connectivity index (χ2v) is 18.0. The first-order chi connectivity index (χ1) is 26.0. The maximum Gasteiger partial charge on any atom is 0.332 e. The number of nitrogens with one attached hydrogen (secondary N) is 2. The number of aromatic nitrogens is 2. The van der Waals surface area contributed by atoms with Gasteiger partial charge in [-0.3, -0.25) is 0 Å². The van der Waals surface area contributed by atoms with Gasteiger partial charge < -0.3 is 39.2 Å². The first-order valence-corrected chi connectivity index (χ1v) is 20.8. The van der Waals surface area contributed by atoms with Crippen LogP contribution in [-0.2, 0) is 33.6 Å². The number of carbonyl (C=O) groups is 1. The van der Waals surface area contributed by atoms with Crippen molar-refractivity contribution in [2.45, 2.75) is 96.0 Å². The fourth-order valence-electron chi connectivity index (χ4n) is 6.06. The Labute approximate surface area is 331 Å². The zero-order valence-electron chi connectivity index (χ0n) is 33.4. The molecular weight excluding hydrogens is 746 g/mol. The number of sulfone groups is 1. The van der Waals surface area contributed by atoms with Crippen LogP contribution in [0.15, 0.2) is 47.5 Å². The van der Waals surface area contributed by atoms with Gasteiger partial charge in [0.1, 0.15) is 23.0 Å². The Morgan fingerprint density at radius 2 is 1.60 bits per heavy atom. The minimum atomic E-state index is -3.56. The van der Waals surface area contributed by atoms with E-state index in [-0.39, 0.29) is 40.4 Å². The highest BCUT2D eigenvalue weighted by atomic mass is 35.5. The molecule has 0 saturated carbocycles. The molecule has 2 heterocycles. The van der Waals surface area contributed by atoms with Gasteiger partial charge in [-0.2, -0.15) is 4.98 Å². The molecule has 1 fully saturated rings. The quantitative estimate of drug-likeness (QED) is 0.0860. The topological polar surface area (TPSA) is 150 Å². The summed E-state index contributed by atoms with van der Waals surface area (Å²) in [5.74, 6) is 1.25. The lowest BCUT2D eigenvalue weighted by atomic mass is 9.86. The lowest BCUT2D eigenvalue weighted by molar-refractivity contribution is -0.160. The summed E-state index contributed by atoms with van der Waals surface area (Å²) in [6.07, 6.45) is 3.45. The Bertz CT molecular complexity index is 1810. The number of carbonyl (C=O) groups excluding carboxylic acids is 1. The van der Waals surface area contributed by atoms with Crippen molar-refractivity contribution in [3.63, 3.8) is 0 Å². The molecule has 55 heavy (non-hydrogen) atoms. The van der Waals surface area contributed by atoms with E-state index in [2.05, 4.69) is 44.6 Å². The first kappa shape index (κ1) is 44.2. The number of aryl methyl sites for hydroxylation is 1. The molecule has 0 atom stereocenters. The monoisotopic (exact) mass is 803 g/mol. The van der Waals surface area contributed by atoms with Gasteiger partial charge in [0.2, 0.25) is 5.95 Å². The number of anilines is 4. The second-order valence-electron chi connectivity index (χ2n) is 15.1. The van der Waals surface area contributed by atoms with E-state index in [1.54, 1.807) is 38.1 Å². The molecule has 1 aliphatic heterocycles. The van der Waals surface area contributed by atoms with E-state index in [9.17, 15) is 13.2 Å². The van der Waals surface area contributed by atoms with Gasteiger partial charge in [0.15, 0.2) is 15.7 Å². The summed E-state index contributed by atoms with van der Waals surface area (Å²) in [5.41, 5.74) is 2.97. The molecule has 0 unspecified atom stereocenters. The second kappa shape index (κ2) is 20.6. The van der Waals surface area contributed by atoms with Gasteiger partial charge >= 0.3 is 5.97 Å². The molecule has 2 N–H and O–H groups in total. The third-order valence-electron chi connectivity index (χ3n) is 8.75. The standard InChI is InChI=1S/C40H58ClN5O8S/c1-27(2)53-35-24-31(30-13-15-46(16-14-30)17-18-50-19-20-51-21-22-52-26-37(47)54-40(6,7)8)29(5)23-34(35)44-39-42-25-32(41)38(45-39)43-33-11-9-10-12-36(33)55(48,49)28(3)4/h9-12,23-25,27-28,30H,13-22,26H2,1-8H3,(H2,42,43,44,45). The predicted octanol–water partition coefficient (Wildman–Crippen LogP) is 7.47. The largest absolute Gasteiger partial charge is 0.489 e. The maximum absolute atomic E-state index is 13.0. The molecule has 1 aromatic heterocycles. The van der Waals surface area contributed by atoms with Gasteiger partial charge in [-0.15, -0.1) is 0 Å². The van der Waals surface area contributed by atoms with Gasteiger partial charge in [-0.25, -0.2) is 18.2 Å². The number of para-hydroxylation sites is 1. The molecule has 4 rings (SSSR count). The van der Waals surface area contributed by atoms with Crippen LogP contribution in [0.4, 0.5) is 23.1 Å². The fraction of sp³-hybridized carbons (Fsp3) is 0.575. The van der Waals surface area contributed by atoms with Crippen molar-refractivity contribution < 1.29 is 36.9 Å². The minimum Gasteiger partial charge on any atom is -0.489 e. The summed E-state index contributed by atoms with van der Waals surface area (Å²) in [7, 11) is -3.56. The fourth-order valence-corrected chi connectivity index (χ4v) is 7.40. The smallest absolute Gasteiger partial charge is 0.332 e. The van der Waals surface area contributed by atoms with Crippen molar-refractivity contribution in [2.24, 2.45) is 0 Å².